The fraction of sp³-hybridized carbons (Fsp3) is 0.158. The molecule has 26 heavy (non-hydrogen) atoms. The molecule has 3 heterocycles. The second-order valence-electron chi connectivity index (χ2n) is 6.26. The molecule has 1 aromatic heterocycles. The number of aromatic amines is 1. The summed E-state index contributed by atoms with van der Waals surface area (Å²) in [5.41, 5.74) is 1.74. The number of aromatic nitrogens is 1. The number of hydrogen-bond donors (Lipinski definition) is 1. The molecule has 0 fully saturated rings. The summed E-state index contributed by atoms with van der Waals surface area (Å²) in [6.45, 7) is 0. The van der Waals surface area contributed by atoms with Crippen molar-refractivity contribution in [1.29, 1.82) is 0 Å². The Morgan fingerprint density at radius 2 is 1.81 bits per heavy atom. The molecule has 0 bridgehead atoms. The van der Waals surface area contributed by atoms with Crippen LogP contribution in [0.5, 0.6) is 5.75 Å². The summed E-state index contributed by atoms with van der Waals surface area (Å²) >= 11 is 2.57. The molecule has 0 aliphatic carbocycles. The first-order valence-corrected chi connectivity index (χ1v) is 9.77. The van der Waals surface area contributed by atoms with Gasteiger partial charge in [-0.2, -0.15) is 0 Å². The molecule has 2 aliphatic rings. The zero-order chi connectivity index (χ0) is 17.8. The van der Waals surface area contributed by atoms with Crippen molar-refractivity contribution < 1.29 is 13.9 Å². The Morgan fingerprint density at radius 3 is 2.62 bits per heavy atom. The number of esters is 1. The number of nitrogens with one attached hydrogen (secondary N) is 1. The number of fused-ring (bicyclic) bond motifs is 5. The maximum atomic E-state index is 13.4. The Morgan fingerprint density at radius 1 is 1.04 bits per heavy atom. The number of thioether (sulfide) groups is 1. The standard InChI is InChI=1S/C19H12FNO3S2/c20-10-7-5-9(6-8-10)15-14-13(16-17(25-15)21-19(23)26-16)11-3-1-2-4-12(11)24-18(14)22/h1-8,13-15H,(H,21,23)/t13-,14+,15+/m1/s1. The first kappa shape index (κ1) is 15.8. The Balaban J connectivity index is 1.73. The van der Waals surface area contributed by atoms with E-state index in [4.69, 9.17) is 4.74 Å². The van der Waals surface area contributed by atoms with Gasteiger partial charge in [-0.1, -0.05) is 53.4 Å². The summed E-state index contributed by atoms with van der Waals surface area (Å²) in [6, 6.07) is 13.6. The lowest BCUT2D eigenvalue weighted by Crippen LogP contribution is -2.37. The van der Waals surface area contributed by atoms with Crippen LogP contribution < -0.4 is 9.61 Å². The molecule has 3 aromatic rings. The topological polar surface area (TPSA) is 59.2 Å². The summed E-state index contributed by atoms with van der Waals surface area (Å²) in [6.07, 6.45) is 0. The van der Waals surface area contributed by atoms with Crippen molar-refractivity contribution in [2.75, 3.05) is 0 Å². The highest BCUT2D eigenvalue weighted by Gasteiger charge is 2.49. The van der Waals surface area contributed by atoms with E-state index >= 15 is 0 Å². The summed E-state index contributed by atoms with van der Waals surface area (Å²) < 4.78 is 18.9. The van der Waals surface area contributed by atoms with E-state index in [1.54, 1.807) is 18.2 Å². The lowest BCUT2D eigenvalue weighted by atomic mass is 9.78. The predicted molar refractivity (Wildman–Crippen MR) is 97.3 cm³/mol. The van der Waals surface area contributed by atoms with E-state index in [-0.39, 0.29) is 27.8 Å². The first-order chi connectivity index (χ1) is 12.6. The summed E-state index contributed by atoms with van der Waals surface area (Å²) in [4.78, 5) is 28.5. The van der Waals surface area contributed by atoms with Crippen molar-refractivity contribution in [3.05, 3.63) is 80.0 Å². The predicted octanol–water partition coefficient (Wildman–Crippen LogP) is 4.09. The molecule has 0 amide bonds. The Labute approximate surface area is 156 Å². The van der Waals surface area contributed by atoms with Gasteiger partial charge in [-0.25, -0.2) is 4.39 Å². The molecule has 0 spiro atoms. The van der Waals surface area contributed by atoms with Crippen LogP contribution in [0.25, 0.3) is 0 Å². The average Bonchev–Trinajstić information content (AvgIpc) is 3.01. The second-order valence-corrected chi connectivity index (χ2v) is 8.43. The Hall–Kier alpha value is -2.38. The molecule has 3 atom stereocenters. The number of para-hydroxylation sites is 1. The highest BCUT2D eigenvalue weighted by molar-refractivity contribution is 7.99. The third kappa shape index (κ3) is 2.34. The molecule has 130 valence electrons. The smallest absolute Gasteiger partial charge is 0.316 e. The third-order valence-electron chi connectivity index (χ3n) is 4.79. The van der Waals surface area contributed by atoms with E-state index in [0.29, 0.717) is 5.75 Å². The van der Waals surface area contributed by atoms with E-state index < -0.39 is 5.92 Å². The zero-order valence-electron chi connectivity index (χ0n) is 13.3. The molecular formula is C19H12FNO3S2. The Kier molecular flexibility index (Phi) is 3.55. The van der Waals surface area contributed by atoms with Gasteiger partial charge in [0, 0.05) is 16.4 Å². The monoisotopic (exact) mass is 385 g/mol. The maximum absolute atomic E-state index is 13.4. The van der Waals surface area contributed by atoms with Crippen molar-refractivity contribution in [3.8, 4) is 5.75 Å². The number of hydrogen-bond acceptors (Lipinski definition) is 5. The third-order valence-corrected chi connectivity index (χ3v) is 7.26. The van der Waals surface area contributed by atoms with Crippen molar-refractivity contribution in [3.63, 3.8) is 0 Å². The highest BCUT2D eigenvalue weighted by Crippen LogP contribution is 2.58. The molecule has 2 aromatic carbocycles. The average molecular weight is 385 g/mol. The van der Waals surface area contributed by atoms with Crippen LogP contribution >= 0.6 is 23.1 Å². The summed E-state index contributed by atoms with van der Waals surface area (Å²) in [5.74, 6) is -0.827. The molecule has 0 radical (unpaired) electrons. The number of thiazole rings is 1. The SMILES string of the molecule is O=C1Oc2ccccc2[C@H]2c3sc(=O)[nH]c3S[C@@H](c3ccc(F)cc3)[C@@H]12. The van der Waals surface area contributed by atoms with Crippen LogP contribution in [0.2, 0.25) is 0 Å². The van der Waals surface area contributed by atoms with Crippen LogP contribution in [0, 0.1) is 11.7 Å². The van der Waals surface area contributed by atoms with Gasteiger partial charge in [-0.15, -0.1) is 0 Å². The van der Waals surface area contributed by atoms with Gasteiger partial charge in [0.15, 0.2) is 0 Å². The lowest BCUT2D eigenvalue weighted by molar-refractivity contribution is -0.140. The van der Waals surface area contributed by atoms with Gasteiger partial charge in [-0.3, -0.25) is 9.59 Å². The van der Waals surface area contributed by atoms with Crippen LogP contribution in [-0.2, 0) is 4.79 Å². The molecule has 1 N–H and O–H groups in total. The number of rotatable bonds is 1. The fourth-order valence-electron chi connectivity index (χ4n) is 3.69. The minimum absolute atomic E-state index is 0.141. The quantitative estimate of drug-likeness (QED) is 0.506. The lowest BCUT2D eigenvalue weighted by Gasteiger charge is -2.39. The first-order valence-electron chi connectivity index (χ1n) is 8.07. The number of halogens is 1. The maximum Gasteiger partial charge on any atom is 0.316 e. The van der Waals surface area contributed by atoms with Gasteiger partial charge in [0.25, 0.3) is 0 Å². The molecular weight excluding hydrogens is 373 g/mol. The van der Waals surface area contributed by atoms with Gasteiger partial charge in [0.1, 0.15) is 11.6 Å². The number of ether oxygens (including phenoxy) is 1. The van der Waals surface area contributed by atoms with E-state index in [2.05, 4.69) is 4.98 Å². The number of carbonyl (C=O) groups excluding carboxylic acids is 1. The summed E-state index contributed by atoms with van der Waals surface area (Å²) in [7, 11) is 0. The van der Waals surface area contributed by atoms with Gasteiger partial charge in [0.05, 0.1) is 16.2 Å². The zero-order valence-corrected chi connectivity index (χ0v) is 14.9. The van der Waals surface area contributed by atoms with Crippen LogP contribution in [0.4, 0.5) is 4.39 Å². The van der Waals surface area contributed by atoms with Crippen LogP contribution in [0.15, 0.2) is 58.4 Å². The highest BCUT2D eigenvalue weighted by atomic mass is 32.2. The fourth-order valence-corrected chi connectivity index (χ4v) is 6.27. The molecule has 4 nitrogen and oxygen atoms in total. The number of carbonyl (C=O) groups is 1. The minimum atomic E-state index is -0.473. The molecule has 5 rings (SSSR count). The molecule has 7 heteroatoms. The Bertz CT molecular complexity index is 1070. The van der Waals surface area contributed by atoms with Crippen molar-refractivity contribution >= 4 is 29.1 Å². The van der Waals surface area contributed by atoms with Crippen molar-refractivity contribution in [2.45, 2.75) is 16.2 Å². The van der Waals surface area contributed by atoms with Crippen LogP contribution in [0.3, 0.4) is 0 Å². The molecule has 0 unspecified atom stereocenters. The van der Waals surface area contributed by atoms with E-state index in [1.807, 2.05) is 18.2 Å². The van der Waals surface area contributed by atoms with Crippen LogP contribution in [-0.4, -0.2) is 11.0 Å². The van der Waals surface area contributed by atoms with E-state index in [0.717, 1.165) is 32.4 Å². The van der Waals surface area contributed by atoms with Gasteiger partial charge < -0.3 is 9.72 Å². The molecule has 2 aliphatic heterocycles. The normalized spacial score (nSPS) is 23.6. The molecule has 0 saturated carbocycles. The minimum Gasteiger partial charge on any atom is -0.426 e. The second kappa shape index (κ2) is 5.82. The van der Waals surface area contributed by atoms with Gasteiger partial charge in [-0.05, 0) is 23.8 Å². The number of benzene rings is 2. The number of H-pyrrole nitrogens is 1. The summed E-state index contributed by atoms with van der Waals surface area (Å²) in [5, 5.41) is 0.513. The largest absolute Gasteiger partial charge is 0.426 e. The van der Waals surface area contributed by atoms with Crippen molar-refractivity contribution in [1.82, 2.24) is 4.98 Å². The van der Waals surface area contributed by atoms with Gasteiger partial charge >= 0.3 is 10.8 Å². The van der Waals surface area contributed by atoms with E-state index in [9.17, 15) is 14.0 Å². The van der Waals surface area contributed by atoms with E-state index in [1.165, 1.54) is 23.9 Å². The van der Waals surface area contributed by atoms with Crippen molar-refractivity contribution in [2.24, 2.45) is 5.92 Å². The molecule has 0 saturated heterocycles. The van der Waals surface area contributed by atoms with Crippen LogP contribution in [0.1, 0.15) is 27.2 Å². The van der Waals surface area contributed by atoms with Gasteiger partial charge in [0.2, 0.25) is 0 Å².